The van der Waals surface area contributed by atoms with Gasteiger partial charge in [-0.15, -0.1) is 0 Å². The molecule has 0 bridgehead atoms. The molecule has 5 heteroatoms. The third kappa shape index (κ3) is 3.27. The van der Waals surface area contributed by atoms with Gasteiger partial charge in [-0.05, 0) is 23.9 Å². The van der Waals surface area contributed by atoms with Gasteiger partial charge in [0.2, 0.25) is 0 Å². The van der Waals surface area contributed by atoms with Crippen molar-refractivity contribution in [2.75, 3.05) is 13.7 Å². The summed E-state index contributed by atoms with van der Waals surface area (Å²) in [6, 6.07) is 12.2. The lowest BCUT2D eigenvalue weighted by atomic mass is 9.99. The lowest BCUT2D eigenvalue weighted by Gasteiger charge is -2.22. The second-order valence-electron chi connectivity index (χ2n) is 6.25. The number of benzene rings is 2. The van der Waals surface area contributed by atoms with E-state index < -0.39 is 5.60 Å². The van der Waals surface area contributed by atoms with E-state index in [1.165, 1.54) is 5.56 Å². The summed E-state index contributed by atoms with van der Waals surface area (Å²) in [7, 11) is 3.53. The average Bonchev–Trinajstić information content (AvgIpc) is 3.02. The summed E-state index contributed by atoms with van der Waals surface area (Å²) in [5.74, 6) is 0.872. The van der Waals surface area contributed by atoms with Crippen molar-refractivity contribution in [2.45, 2.75) is 19.1 Å². The van der Waals surface area contributed by atoms with Crippen molar-refractivity contribution in [3.8, 4) is 5.75 Å². The molecule has 1 atom stereocenters. The molecule has 5 nitrogen and oxygen atoms in total. The smallest absolute Gasteiger partial charge is 0.126 e. The second kappa shape index (κ2) is 6.63. The number of fused-ring (bicyclic) bond motifs is 1. The molecule has 0 amide bonds. The van der Waals surface area contributed by atoms with E-state index in [0.29, 0.717) is 13.1 Å². The zero-order valence-corrected chi connectivity index (χ0v) is 14.3. The second-order valence-corrected chi connectivity index (χ2v) is 6.25. The van der Waals surface area contributed by atoms with Gasteiger partial charge in [0.1, 0.15) is 11.4 Å². The lowest BCUT2D eigenvalue weighted by Crippen LogP contribution is -2.34. The van der Waals surface area contributed by atoms with Crippen LogP contribution in [0, 0.1) is 0 Å². The molecule has 0 saturated heterocycles. The monoisotopic (exact) mass is 325 g/mol. The highest BCUT2D eigenvalue weighted by Crippen LogP contribution is 2.28. The number of hydrogen-bond donors (Lipinski definition) is 2. The van der Waals surface area contributed by atoms with Crippen LogP contribution in [-0.2, 0) is 19.2 Å². The van der Waals surface area contributed by atoms with Crippen molar-refractivity contribution >= 4 is 10.8 Å². The van der Waals surface area contributed by atoms with Crippen molar-refractivity contribution < 1.29 is 9.84 Å². The first-order valence-corrected chi connectivity index (χ1v) is 7.98. The van der Waals surface area contributed by atoms with E-state index in [4.69, 9.17) is 4.74 Å². The van der Waals surface area contributed by atoms with Crippen LogP contribution < -0.4 is 10.1 Å². The molecule has 1 unspecified atom stereocenters. The van der Waals surface area contributed by atoms with Crippen LogP contribution in [0.15, 0.2) is 48.8 Å². The number of rotatable bonds is 6. The van der Waals surface area contributed by atoms with Crippen LogP contribution in [0.1, 0.15) is 18.1 Å². The molecule has 0 fully saturated rings. The Bertz CT molecular complexity index is 839. The van der Waals surface area contributed by atoms with Gasteiger partial charge in [-0.25, -0.2) is 0 Å². The zero-order chi connectivity index (χ0) is 17.2. The van der Waals surface area contributed by atoms with Gasteiger partial charge in [0.25, 0.3) is 0 Å². The third-order valence-corrected chi connectivity index (χ3v) is 4.31. The Morgan fingerprint density at radius 2 is 1.96 bits per heavy atom. The fourth-order valence-electron chi connectivity index (χ4n) is 2.91. The van der Waals surface area contributed by atoms with Gasteiger partial charge in [-0.2, -0.15) is 5.10 Å². The summed E-state index contributed by atoms with van der Waals surface area (Å²) < 4.78 is 7.13. The lowest BCUT2D eigenvalue weighted by molar-refractivity contribution is 0.0566. The van der Waals surface area contributed by atoms with E-state index in [-0.39, 0.29) is 0 Å². The first-order chi connectivity index (χ1) is 11.5. The number of aryl methyl sites for hydroxylation is 1. The van der Waals surface area contributed by atoms with E-state index in [9.17, 15) is 5.11 Å². The van der Waals surface area contributed by atoms with E-state index in [0.717, 1.165) is 22.1 Å². The predicted octanol–water partition coefficient (Wildman–Crippen LogP) is 2.58. The Labute approximate surface area is 141 Å². The van der Waals surface area contributed by atoms with Crippen molar-refractivity contribution in [3.63, 3.8) is 0 Å². The number of nitrogens with zero attached hydrogens (tertiary/aromatic N) is 2. The predicted molar refractivity (Wildman–Crippen MR) is 95.0 cm³/mol. The van der Waals surface area contributed by atoms with Gasteiger partial charge < -0.3 is 15.2 Å². The van der Waals surface area contributed by atoms with Crippen LogP contribution in [0.5, 0.6) is 5.75 Å². The Morgan fingerprint density at radius 3 is 2.62 bits per heavy atom. The van der Waals surface area contributed by atoms with E-state index in [2.05, 4.69) is 28.6 Å². The quantitative estimate of drug-likeness (QED) is 0.731. The van der Waals surface area contributed by atoms with Gasteiger partial charge in [0, 0.05) is 37.3 Å². The Kier molecular flexibility index (Phi) is 4.55. The highest BCUT2D eigenvalue weighted by atomic mass is 16.5. The van der Waals surface area contributed by atoms with E-state index in [1.807, 2.05) is 31.4 Å². The van der Waals surface area contributed by atoms with Crippen LogP contribution in [-0.4, -0.2) is 28.5 Å². The third-order valence-electron chi connectivity index (χ3n) is 4.31. The van der Waals surface area contributed by atoms with Gasteiger partial charge >= 0.3 is 0 Å². The summed E-state index contributed by atoms with van der Waals surface area (Å²) in [6.07, 6.45) is 3.54. The highest BCUT2D eigenvalue weighted by Gasteiger charge is 2.24. The maximum atomic E-state index is 10.6. The normalized spacial score (nSPS) is 13.8. The van der Waals surface area contributed by atoms with Gasteiger partial charge in [-0.1, -0.05) is 30.3 Å². The Morgan fingerprint density at radius 1 is 1.21 bits per heavy atom. The fourth-order valence-corrected chi connectivity index (χ4v) is 2.91. The minimum Gasteiger partial charge on any atom is -0.496 e. The fraction of sp³-hybridized carbons (Fsp3) is 0.316. The summed E-state index contributed by atoms with van der Waals surface area (Å²) in [5.41, 5.74) is 1.02. The van der Waals surface area contributed by atoms with Gasteiger partial charge in [-0.3, -0.25) is 4.68 Å². The first-order valence-electron chi connectivity index (χ1n) is 7.98. The molecule has 126 valence electrons. The van der Waals surface area contributed by atoms with Gasteiger partial charge in [0.15, 0.2) is 0 Å². The molecule has 0 aliphatic heterocycles. The summed E-state index contributed by atoms with van der Waals surface area (Å²) >= 11 is 0. The maximum Gasteiger partial charge on any atom is 0.126 e. The topological polar surface area (TPSA) is 59.3 Å². The molecule has 3 rings (SSSR count). The van der Waals surface area contributed by atoms with Crippen LogP contribution in [0.4, 0.5) is 0 Å². The molecule has 3 aromatic rings. The molecule has 1 heterocycles. The molecule has 1 aromatic heterocycles. The van der Waals surface area contributed by atoms with Crippen molar-refractivity contribution in [1.82, 2.24) is 15.1 Å². The maximum absolute atomic E-state index is 10.6. The number of hydrogen-bond acceptors (Lipinski definition) is 4. The van der Waals surface area contributed by atoms with Crippen LogP contribution >= 0.6 is 0 Å². The zero-order valence-electron chi connectivity index (χ0n) is 14.3. The molecule has 0 aliphatic carbocycles. The van der Waals surface area contributed by atoms with E-state index >= 15 is 0 Å². The standard InChI is InChI=1S/C19H23N3O2/c1-19(23,15-11-21-22(2)12-15)13-20-10-14-8-9-18(24-3)17-7-5-4-6-16(14)17/h4-9,11-12,20,23H,10,13H2,1-3H3. The van der Waals surface area contributed by atoms with Crippen LogP contribution in [0.3, 0.4) is 0 Å². The minimum atomic E-state index is -0.962. The summed E-state index contributed by atoms with van der Waals surface area (Å²) in [4.78, 5) is 0. The number of aliphatic hydroxyl groups is 1. The van der Waals surface area contributed by atoms with Gasteiger partial charge in [0.05, 0.1) is 13.3 Å². The van der Waals surface area contributed by atoms with Crippen LogP contribution in [0.2, 0.25) is 0 Å². The summed E-state index contributed by atoms with van der Waals surface area (Å²) in [6.45, 7) is 2.91. The molecule has 2 aromatic carbocycles. The molecule has 0 aliphatic rings. The molecule has 24 heavy (non-hydrogen) atoms. The molecule has 0 saturated carbocycles. The number of methoxy groups -OCH3 is 1. The van der Waals surface area contributed by atoms with E-state index in [1.54, 1.807) is 24.9 Å². The SMILES string of the molecule is COc1ccc(CNCC(C)(O)c2cnn(C)c2)c2ccccc12. The van der Waals surface area contributed by atoms with Crippen molar-refractivity contribution in [2.24, 2.45) is 7.05 Å². The number of nitrogens with one attached hydrogen (secondary N) is 1. The number of aromatic nitrogens is 2. The molecular formula is C19H23N3O2. The highest BCUT2D eigenvalue weighted by molar-refractivity contribution is 5.91. The largest absolute Gasteiger partial charge is 0.496 e. The van der Waals surface area contributed by atoms with Crippen molar-refractivity contribution in [3.05, 3.63) is 59.9 Å². The van der Waals surface area contributed by atoms with Crippen LogP contribution in [0.25, 0.3) is 10.8 Å². The summed E-state index contributed by atoms with van der Waals surface area (Å²) in [5, 5.41) is 20.4. The van der Waals surface area contributed by atoms with Crippen molar-refractivity contribution in [1.29, 1.82) is 0 Å². The molecule has 2 N–H and O–H groups in total. The average molecular weight is 325 g/mol. The first kappa shape index (κ1) is 16.5. The molecule has 0 radical (unpaired) electrons. The minimum absolute atomic E-state index is 0.444. The molecule has 0 spiro atoms. The Balaban J connectivity index is 1.74. The Hall–Kier alpha value is -2.37. The molecular weight excluding hydrogens is 302 g/mol. The number of ether oxygens (including phenoxy) is 1.